The Balaban J connectivity index is 3.12. The first kappa shape index (κ1) is 11.9. The molecule has 0 bridgehead atoms. The summed E-state index contributed by atoms with van der Waals surface area (Å²) in [6.45, 7) is 0. The fraction of sp³-hybridized carbons (Fsp3) is 1.00. The molecule has 0 radical (unpaired) electrons. The minimum absolute atomic E-state index is 1.31. The van der Waals surface area contributed by atoms with Crippen LogP contribution in [0.25, 0.3) is 0 Å². The topological polar surface area (TPSA) is 0 Å². The van der Waals surface area contributed by atoms with Gasteiger partial charge in [-0.3, -0.25) is 0 Å². The quantitative estimate of drug-likeness (QED) is 0.591. The molecule has 1 fully saturated rings. The van der Waals surface area contributed by atoms with Gasteiger partial charge in [-0.25, -0.2) is 13.2 Å². The second kappa shape index (κ2) is 2.89. The van der Waals surface area contributed by atoms with E-state index in [9.17, 15) is 35.1 Å². The van der Waals surface area contributed by atoms with E-state index in [1.165, 1.54) is 0 Å². The zero-order valence-corrected chi connectivity index (χ0v) is 6.90. The minimum Gasteiger partial charge on any atom is -0.236 e. The molecule has 9 heteroatoms. The van der Waals surface area contributed by atoms with Crippen molar-refractivity contribution in [2.24, 2.45) is 0 Å². The number of thioether (sulfide) groups is 1. The third-order valence-electron chi connectivity index (χ3n) is 1.69. The maximum Gasteiger partial charge on any atom is 0.429 e. The predicted octanol–water partition coefficient (Wildman–Crippen LogP) is 3.23. The molecule has 0 N–H and O–H groups in total. The summed E-state index contributed by atoms with van der Waals surface area (Å²) in [6.07, 6.45) is -10.2. The van der Waals surface area contributed by atoms with Crippen molar-refractivity contribution in [3.05, 3.63) is 0 Å². The monoisotopic (exact) mass is 246 g/mol. The number of hydrogen-bond donors (Lipinski definition) is 0. The van der Waals surface area contributed by atoms with Gasteiger partial charge >= 0.3 is 11.4 Å². The second-order valence-corrected chi connectivity index (χ2v) is 3.82. The molecule has 0 aliphatic carbocycles. The van der Waals surface area contributed by atoms with Gasteiger partial charge in [-0.2, -0.15) is 22.0 Å². The molecular weight excluding hydrogens is 244 g/mol. The van der Waals surface area contributed by atoms with E-state index in [1.54, 1.807) is 0 Å². The van der Waals surface area contributed by atoms with Crippen molar-refractivity contribution in [2.45, 2.75) is 28.8 Å². The first-order chi connectivity index (χ1) is 6.03. The summed E-state index contributed by atoms with van der Waals surface area (Å²) in [5.41, 5.74) is -8.80. The van der Waals surface area contributed by atoms with Crippen molar-refractivity contribution in [2.75, 3.05) is 0 Å². The molecule has 0 spiro atoms. The van der Waals surface area contributed by atoms with Crippen molar-refractivity contribution < 1.29 is 35.1 Å². The molecule has 0 saturated carbocycles. The Bertz CT molecular complexity index is 236. The highest BCUT2D eigenvalue weighted by atomic mass is 32.2. The summed E-state index contributed by atoms with van der Waals surface area (Å²) >= 11 is -1.31. The van der Waals surface area contributed by atoms with Gasteiger partial charge in [-0.05, 0) is 11.8 Å². The van der Waals surface area contributed by atoms with E-state index in [2.05, 4.69) is 0 Å². The molecule has 0 aromatic rings. The van der Waals surface area contributed by atoms with E-state index < -0.39 is 40.5 Å². The second-order valence-electron chi connectivity index (χ2n) is 2.62. The van der Waals surface area contributed by atoms with Crippen molar-refractivity contribution in [1.29, 1.82) is 0 Å². The van der Waals surface area contributed by atoms with Gasteiger partial charge in [0.15, 0.2) is 5.50 Å². The largest absolute Gasteiger partial charge is 0.429 e. The highest BCUT2D eigenvalue weighted by molar-refractivity contribution is 8.01. The fourth-order valence-electron chi connectivity index (χ4n) is 0.915. The van der Waals surface area contributed by atoms with Crippen LogP contribution in [-0.2, 0) is 0 Å². The molecule has 0 nitrogen and oxygen atoms in total. The lowest BCUT2D eigenvalue weighted by molar-refractivity contribution is -0.267. The molecule has 1 aliphatic heterocycles. The van der Waals surface area contributed by atoms with Crippen LogP contribution < -0.4 is 0 Å². The highest BCUT2D eigenvalue weighted by Gasteiger charge is 2.79. The number of rotatable bonds is 0. The Morgan fingerprint density at radius 3 is 1.57 bits per heavy atom. The molecule has 84 valence electrons. The van der Waals surface area contributed by atoms with Crippen LogP contribution in [0.5, 0.6) is 0 Å². The maximum atomic E-state index is 12.7. The van der Waals surface area contributed by atoms with E-state index >= 15 is 0 Å². The van der Waals surface area contributed by atoms with Gasteiger partial charge in [0.2, 0.25) is 6.17 Å². The summed E-state index contributed by atoms with van der Waals surface area (Å²) < 4.78 is 97.3. The van der Waals surface area contributed by atoms with E-state index in [1.807, 2.05) is 0 Å². The number of hydrogen-bond acceptors (Lipinski definition) is 1. The Hall–Kier alpha value is -0.210. The normalized spacial score (nSPS) is 42.9. The van der Waals surface area contributed by atoms with E-state index in [0.29, 0.717) is 0 Å². The molecule has 1 saturated heterocycles. The van der Waals surface area contributed by atoms with Crippen molar-refractivity contribution in [1.82, 2.24) is 0 Å². The third kappa shape index (κ3) is 1.36. The Labute approximate surface area is 76.6 Å². The van der Waals surface area contributed by atoms with Gasteiger partial charge in [-0.1, -0.05) is 0 Å². The van der Waals surface area contributed by atoms with Crippen LogP contribution in [0.4, 0.5) is 35.1 Å². The standard InChI is InChI=1S/C5H2F8S/c6-1-3(8,5(11,12)13)2(7)14-4(1,9)10/h1-2H. The molecular formula is C5H2F8S. The molecule has 0 amide bonds. The average Bonchev–Trinajstić information content (AvgIpc) is 2.11. The first-order valence-electron chi connectivity index (χ1n) is 3.13. The zero-order chi connectivity index (χ0) is 11.4. The first-order valence-corrected chi connectivity index (χ1v) is 4.01. The van der Waals surface area contributed by atoms with Crippen molar-refractivity contribution in [3.63, 3.8) is 0 Å². The van der Waals surface area contributed by atoms with Crippen LogP contribution in [0, 0.1) is 0 Å². The summed E-state index contributed by atoms with van der Waals surface area (Å²) in [4.78, 5) is 0. The molecule has 0 aromatic carbocycles. The number of halogens is 8. The summed E-state index contributed by atoms with van der Waals surface area (Å²) in [7, 11) is 0. The highest BCUT2D eigenvalue weighted by Crippen LogP contribution is 2.60. The SMILES string of the molecule is FC1SC(F)(F)C(F)C1(F)C(F)(F)F. The lowest BCUT2D eigenvalue weighted by atomic mass is 10.0. The molecule has 1 heterocycles. The van der Waals surface area contributed by atoms with Gasteiger partial charge in [0.05, 0.1) is 0 Å². The van der Waals surface area contributed by atoms with Crippen LogP contribution in [0.3, 0.4) is 0 Å². The lowest BCUT2D eigenvalue weighted by Crippen LogP contribution is -2.53. The molecule has 14 heavy (non-hydrogen) atoms. The smallest absolute Gasteiger partial charge is 0.236 e. The average molecular weight is 246 g/mol. The van der Waals surface area contributed by atoms with Crippen LogP contribution in [0.15, 0.2) is 0 Å². The third-order valence-corrected chi connectivity index (χ3v) is 2.76. The molecule has 0 aromatic heterocycles. The van der Waals surface area contributed by atoms with Gasteiger partial charge in [0.1, 0.15) is 0 Å². The molecule has 1 rings (SSSR count). The Morgan fingerprint density at radius 1 is 1.00 bits per heavy atom. The van der Waals surface area contributed by atoms with Crippen LogP contribution >= 0.6 is 11.8 Å². The summed E-state index contributed by atoms with van der Waals surface area (Å²) in [6, 6.07) is 0. The maximum absolute atomic E-state index is 12.7. The predicted molar refractivity (Wildman–Crippen MR) is 32.2 cm³/mol. The Morgan fingerprint density at radius 2 is 1.43 bits per heavy atom. The van der Waals surface area contributed by atoms with Crippen LogP contribution in [0.2, 0.25) is 0 Å². The van der Waals surface area contributed by atoms with E-state index in [0.717, 1.165) is 0 Å². The molecule has 3 atom stereocenters. The number of alkyl halides is 8. The summed E-state index contributed by atoms with van der Waals surface area (Å²) in [5.74, 6) is 0. The van der Waals surface area contributed by atoms with Gasteiger partial charge < -0.3 is 0 Å². The van der Waals surface area contributed by atoms with E-state index in [-0.39, 0.29) is 0 Å². The Kier molecular flexibility index (Phi) is 2.45. The minimum atomic E-state index is -6.00. The fourth-order valence-corrected chi connectivity index (χ4v) is 1.91. The van der Waals surface area contributed by atoms with Gasteiger partial charge in [0.25, 0.3) is 5.67 Å². The zero-order valence-electron chi connectivity index (χ0n) is 6.09. The lowest BCUT2D eigenvalue weighted by Gasteiger charge is -2.26. The van der Waals surface area contributed by atoms with E-state index in [4.69, 9.17) is 0 Å². The van der Waals surface area contributed by atoms with Crippen LogP contribution in [-0.4, -0.2) is 28.8 Å². The molecule has 1 aliphatic rings. The van der Waals surface area contributed by atoms with Gasteiger partial charge in [-0.15, -0.1) is 0 Å². The van der Waals surface area contributed by atoms with Crippen molar-refractivity contribution in [3.8, 4) is 0 Å². The summed E-state index contributed by atoms with van der Waals surface area (Å²) in [5, 5.41) is -4.70. The van der Waals surface area contributed by atoms with Gasteiger partial charge in [0, 0.05) is 0 Å². The van der Waals surface area contributed by atoms with Crippen LogP contribution in [0.1, 0.15) is 0 Å². The molecule has 3 unspecified atom stereocenters. The van der Waals surface area contributed by atoms with Crippen molar-refractivity contribution >= 4 is 11.8 Å².